The molecule has 1 aliphatic rings. The number of carbonyl (C=O) groups excluding carboxylic acids is 1. The summed E-state index contributed by atoms with van der Waals surface area (Å²) in [5.74, 6) is 0.168. The molecular weight excluding hydrogens is 260 g/mol. The van der Waals surface area contributed by atoms with Crippen LogP contribution in [0, 0.1) is 5.92 Å². The van der Waals surface area contributed by atoms with Crippen LogP contribution in [0.1, 0.15) is 5.56 Å². The molecule has 0 radical (unpaired) electrons. The lowest BCUT2D eigenvalue weighted by molar-refractivity contribution is -0.135. The van der Waals surface area contributed by atoms with Gasteiger partial charge in [0.05, 0.1) is 26.2 Å². The summed E-state index contributed by atoms with van der Waals surface area (Å²) in [5.41, 5.74) is 6.73. The average Bonchev–Trinajstić information content (AvgIpc) is 2.86. The lowest BCUT2D eigenvalue weighted by Crippen LogP contribution is -2.41. The zero-order chi connectivity index (χ0) is 14.7. The van der Waals surface area contributed by atoms with Gasteiger partial charge >= 0.3 is 0 Å². The summed E-state index contributed by atoms with van der Waals surface area (Å²) in [6.07, 6.45) is 0. The number of phenolic OH excluding ortho intramolecular Hbond substituents is 1. The number of phenols is 1. The molecule has 1 amide bonds. The van der Waals surface area contributed by atoms with Crippen molar-refractivity contribution in [2.24, 2.45) is 11.7 Å². The van der Waals surface area contributed by atoms with Crippen LogP contribution in [-0.2, 0) is 16.1 Å². The van der Waals surface area contributed by atoms with Gasteiger partial charge in [-0.05, 0) is 17.7 Å². The van der Waals surface area contributed by atoms with E-state index >= 15 is 0 Å². The minimum atomic E-state index is -0.279. The molecule has 1 aliphatic heterocycles. The van der Waals surface area contributed by atoms with Crippen molar-refractivity contribution >= 4 is 5.91 Å². The van der Waals surface area contributed by atoms with Gasteiger partial charge in [0.2, 0.25) is 5.91 Å². The number of hydrogen-bond acceptors (Lipinski definition) is 5. The van der Waals surface area contributed by atoms with Crippen molar-refractivity contribution in [2.75, 3.05) is 27.4 Å². The van der Waals surface area contributed by atoms with E-state index in [1.54, 1.807) is 30.1 Å². The number of carbonyl (C=O) groups is 1. The minimum Gasteiger partial charge on any atom is -0.504 e. The van der Waals surface area contributed by atoms with E-state index in [-0.39, 0.29) is 23.6 Å². The molecule has 3 N–H and O–H groups in total. The van der Waals surface area contributed by atoms with Crippen molar-refractivity contribution in [3.8, 4) is 11.5 Å². The van der Waals surface area contributed by atoms with Crippen molar-refractivity contribution in [3.05, 3.63) is 23.8 Å². The third-order valence-electron chi connectivity index (χ3n) is 3.48. The maximum absolute atomic E-state index is 12.3. The number of methoxy groups -OCH3 is 1. The quantitative estimate of drug-likeness (QED) is 0.830. The predicted molar refractivity (Wildman–Crippen MR) is 73.4 cm³/mol. The summed E-state index contributed by atoms with van der Waals surface area (Å²) < 4.78 is 10.3. The lowest BCUT2D eigenvalue weighted by atomic mass is 10.0. The fourth-order valence-corrected chi connectivity index (χ4v) is 2.28. The molecule has 0 aromatic heterocycles. The Hall–Kier alpha value is -1.79. The Morgan fingerprint density at radius 3 is 2.90 bits per heavy atom. The second-order valence-electron chi connectivity index (χ2n) is 5.01. The van der Waals surface area contributed by atoms with E-state index in [1.807, 2.05) is 0 Å². The maximum Gasteiger partial charge on any atom is 0.229 e. The minimum absolute atomic E-state index is 0.0259. The molecule has 0 spiro atoms. The summed E-state index contributed by atoms with van der Waals surface area (Å²) in [6, 6.07) is 4.78. The second-order valence-corrected chi connectivity index (χ2v) is 5.01. The van der Waals surface area contributed by atoms with Gasteiger partial charge in [-0.1, -0.05) is 6.07 Å². The smallest absolute Gasteiger partial charge is 0.229 e. The van der Waals surface area contributed by atoms with Crippen LogP contribution in [0.2, 0.25) is 0 Å². The van der Waals surface area contributed by atoms with E-state index in [2.05, 4.69) is 0 Å². The maximum atomic E-state index is 12.3. The van der Waals surface area contributed by atoms with Gasteiger partial charge < -0.3 is 25.2 Å². The number of ether oxygens (including phenoxy) is 2. The number of nitrogens with zero attached hydrogens (tertiary/aromatic N) is 1. The molecule has 1 fully saturated rings. The Kier molecular flexibility index (Phi) is 4.46. The summed E-state index contributed by atoms with van der Waals surface area (Å²) >= 11 is 0. The number of hydrogen-bond donors (Lipinski definition) is 2. The molecule has 1 saturated heterocycles. The molecule has 2 unspecified atom stereocenters. The van der Waals surface area contributed by atoms with Crippen molar-refractivity contribution in [2.45, 2.75) is 12.6 Å². The zero-order valence-electron chi connectivity index (χ0n) is 11.7. The highest BCUT2D eigenvalue weighted by atomic mass is 16.5. The fourth-order valence-electron chi connectivity index (χ4n) is 2.28. The van der Waals surface area contributed by atoms with E-state index in [9.17, 15) is 9.90 Å². The van der Waals surface area contributed by atoms with Crippen molar-refractivity contribution in [1.29, 1.82) is 0 Å². The molecule has 6 nitrogen and oxygen atoms in total. The first-order valence-electron chi connectivity index (χ1n) is 6.47. The third-order valence-corrected chi connectivity index (χ3v) is 3.48. The van der Waals surface area contributed by atoms with Crippen LogP contribution in [0.4, 0.5) is 0 Å². The molecular formula is C14H20N2O4. The van der Waals surface area contributed by atoms with Gasteiger partial charge in [-0.2, -0.15) is 0 Å². The van der Waals surface area contributed by atoms with Crippen LogP contribution in [0.3, 0.4) is 0 Å². The summed E-state index contributed by atoms with van der Waals surface area (Å²) in [4.78, 5) is 13.9. The van der Waals surface area contributed by atoms with Gasteiger partial charge in [0.25, 0.3) is 0 Å². The number of nitrogens with two attached hydrogens (primary N) is 1. The van der Waals surface area contributed by atoms with Gasteiger partial charge in [-0.3, -0.25) is 4.79 Å². The average molecular weight is 280 g/mol. The number of rotatable bonds is 4. The summed E-state index contributed by atoms with van der Waals surface area (Å²) in [5, 5.41) is 9.55. The first kappa shape index (κ1) is 14.6. The van der Waals surface area contributed by atoms with E-state index in [0.29, 0.717) is 25.5 Å². The van der Waals surface area contributed by atoms with Crippen LogP contribution in [0.25, 0.3) is 0 Å². The van der Waals surface area contributed by atoms with Crippen LogP contribution >= 0.6 is 0 Å². The van der Waals surface area contributed by atoms with Gasteiger partial charge in [-0.15, -0.1) is 0 Å². The predicted octanol–water partition coefficient (Wildman–Crippen LogP) is 0.333. The zero-order valence-corrected chi connectivity index (χ0v) is 11.7. The standard InChI is InChI=1S/C14H20N2O4/c1-16(14(18)10-7-20-8-11(10)15)6-9-3-4-12(17)13(5-9)19-2/h3-5,10-11,17H,6-8,15H2,1-2H3. The molecule has 0 bridgehead atoms. The molecule has 0 saturated carbocycles. The second kappa shape index (κ2) is 6.11. The van der Waals surface area contributed by atoms with E-state index in [1.165, 1.54) is 7.11 Å². The molecule has 2 atom stereocenters. The van der Waals surface area contributed by atoms with Gasteiger partial charge in [-0.25, -0.2) is 0 Å². The highest BCUT2D eigenvalue weighted by Gasteiger charge is 2.33. The first-order valence-corrected chi connectivity index (χ1v) is 6.47. The van der Waals surface area contributed by atoms with Gasteiger partial charge in [0.15, 0.2) is 11.5 Å². The van der Waals surface area contributed by atoms with E-state index in [0.717, 1.165) is 5.56 Å². The topological polar surface area (TPSA) is 85.0 Å². The van der Waals surface area contributed by atoms with E-state index < -0.39 is 0 Å². The Bertz CT molecular complexity index is 492. The van der Waals surface area contributed by atoms with Crippen LogP contribution < -0.4 is 10.5 Å². The van der Waals surface area contributed by atoms with Gasteiger partial charge in [0.1, 0.15) is 0 Å². The normalized spacial score (nSPS) is 21.8. The monoisotopic (exact) mass is 280 g/mol. The Morgan fingerprint density at radius 2 is 2.30 bits per heavy atom. The molecule has 0 aliphatic carbocycles. The molecule has 1 heterocycles. The van der Waals surface area contributed by atoms with Crippen LogP contribution in [0.15, 0.2) is 18.2 Å². The number of benzene rings is 1. The Labute approximate surface area is 118 Å². The van der Waals surface area contributed by atoms with Gasteiger partial charge in [0, 0.05) is 19.6 Å². The largest absolute Gasteiger partial charge is 0.504 e. The van der Waals surface area contributed by atoms with E-state index in [4.69, 9.17) is 15.2 Å². The molecule has 6 heteroatoms. The highest BCUT2D eigenvalue weighted by molar-refractivity contribution is 5.79. The highest BCUT2D eigenvalue weighted by Crippen LogP contribution is 2.27. The lowest BCUT2D eigenvalue weighted by Gasteiger charge is -2.22. The van der Waals surface area contributed by atoms with Crippen molar-refractivity contribution in [1.82, 2.24) is 4.90 Å². The fraction of sp³-hybridized carbons (Fsp3) is 0.500. The molecule has 2 rings (SSSR count). The summed E-state index contributed by atoms with van der Waals surface area (Å²) in [6.45, 7) is 1.24. The molecule has 20 heavy (non-hydrogen) atoms. The summed E-state index contributed by atoms with van der Waals surface area (Å²) in [7, 11) is 3.22. The molecule has 1 aromatic carbocycles. The number of amides is 1. The molecule has 1 aromatic rings. The Morgan fingerprint density at radius 1 is 1.55 bits per heavy atom. The number of aromatic hydroxyl groups is 1. The Balaban J connectivity index is 2.03. The first-order chi connectivity index (χ1) is 9.52. The van der Waals surface area contributed by atoms with Crippen LogP contribution in [0.5, 0.6) is 11.5 Å². The van der Waals surface area contributed by atoms with Crippen molar-refractivity contribution < 1.29 is 19.4 Å². The SMILES string of the molecule is COc1cc(CN(C)C(=O)C2COCC2N)ccc1O. The van der Waals surface area contributed by atoms with Crippen molar-refractivity contribution in [3.63, 3.8) is 0 Å². The third kappa shape index (κ3) is 3.02. The van der Waals surface area contributed by atoms with Crippen LogP contribution in [-0.4, -0.2) is 49.3 Å². The molecule has 110 valence electrons.